The summed E-state index contributed by atoms with van der Waals surface area (Å²) in [6, 6.07) is 9.99. The number of esters is 1. The van der Waals surface area contributed by atoms with Crippen molar-refractivity contribution in [2.45, 2.75) is 53.7 Å². The van der Waals surface area contributed by atoms with Gasteiger partial charge in [-0.05, 0) is 87.6 Å². The molecule has 2 aromatic rings. The van der Waals surface area contributed by atoms with Crippen LogP contribution in [0.4, 0.5) is 15.8 Å². The number of hydrogen-bond donors (Lipinski definition) is 0. The molecule has 0 amide bonds. The highest BCUT2D eigenvalue weighted by atomic mass is 32.2. The van der Waals surface area contributed by atoms with E-state index in [4.69, 9.17) is 4.74 Å². The van der Waals surface area contributed by atoms with Crippen molar-refractivity contribution in [3.05, 3.63) is 42.2 Å². The molecule has 2 aliphatic heterocycles. The van der Waals surface area contributed by atoms with E-state index in [0.717, 1.165) is 66.5 Å². The summed E-state index contributed by atoms with van der Waals surface area (Å²) in [5, 5.41) is 0. The fourth-order valence-electron chi connectivity index (χ4n) is 4.84. The molecule has 0 aliphatic carbocycles. The van der Waals surface area contributed by atoms with Crippen molar-refractivity contribution in [1.82, 2.24) is 9.21 Å². The number of carbonyl (C=O) groups excluding carboxylic acids is 1. The van der Waals surface area contributed by atoms with Gasteiger partial charge in [0.2, 0.25) is 10.0 Å². The standard InChI is InChI=1S/C27H36FN3O4S2/c1-4-27(32)35-17-12-20-10-15-30(16-11-20)13-5-14-31-23-18-21(28)6-8-25(23)36-26-9-7-22(19-24(26)31)37(33,34)29(2)3/h6-9,18-20H,4-5,10-17H2,1-3H3. The Morgan fingerprint density at radius 1 is 1.08 bits per heavy atom. The summed E-state index contributed by atoms with van der Waals surface area (Å²) in [7, 11) is -0.546. The van der Waals surface area contributed by atoms with E-state index in [1.807, 2.05) is 13.0 Å². The molecule has 1 fully saturated rings. The summed E-state index contributed by atoms with van der Waals surface area (Å²) >= 11 is 1.54. The van der Waals surface area contributed by atoms with E-state index in [9.17, 15) is 17.6 Å². The molecule has 37 heavy (non-hydrogen) atoms. The number of likely N-dealkylation sites (tertiary alicyclic amines) is 1. The number of fused-ring (bicyclic) bond motifs is 2. The average molecular weight is 550 g/mol. The predicted octanol–water partition coefficient (Wildman–Crippen LogP) is 5.12. The fourth-order valence-corrected chi connectivity index (χ4v) is 6.81. The molecular weight excluding hydrogens is 513 g/mol. The van der Waals surface area contributed by atoms with E-state index in [2.05, 4.69) is 9.80 Å². The molecule has 0 saturated carbocycles. The van der Waals surface area contributed by atoms with Crippen molar-refractivity contribution in [3.8, 4) is 0 Å². The maximum Gasteiger partial charge on any atom is 0.305 e. The quantitative estimate of drug-likeness (QED) is 0.381. The molecule has 2 heterocycles. The van der Waals surface area contributed by atoms with Crippen molar-refractivity contribution in [1.29, 1.82) is 0 Å². The lowest BCUT2D eigenvalue weighted by Crippen LogP contribution is -2.36. The normalized spacial score (nSPS) is 16.5. The van der Waals surface area contributed by atoms with Crippen LogP contribution in [-0.4, -0.2) is 70.5 Å². The molecule has 0 N–H and O–H groups in total. The van der Waals surface area contributed by atoms with Crippen LogP contribution in [-0.2, 0) is 19.6 Å². The zero-order valence-corrected chi connectivity index (χ0v) is 23.4. The SMILES string of the molecule is CCC(=O)OCCC1CCN(CCCN2c3cc(F)ccc3Sc3ccc(S(=O)(=O)N(C)C)cc32)CC1. The summed E-state index contributed by atoms with van der Waals surface area (Å²) in [6.45, 7) is 5.90. The average Bonchev–Trinajstić information content (AvgIpc) is 2.88. The lowest BCUT2D eigenvalue weighted by molar-refractivity contribution is -0.143. The van der Waals surface area contributed by atoms with Gasteiger partial charge in [0.25, 0.3) is 0 Å². The van der Waals surface area contributed by atoms with Gasteiger partial charge in [0.05, 0.1) is 22.9 Å². The van der Waals surface area contributed by atoms with Crippen LogP contribution in [0.2, 0.25) is 0 Å². The first kappa shape index (κ1) is 27.9. The number of halogens is 1. The lowest BCUT2D eigenvalue weighted by atomic mass is 9.94. The van der Waals surface area contributed by atoms with Gasteiger partial charge in [-0.2, -0.15) is 0 Å². The van der Waals surface area contributed by atoms with Crippen LogP contribution in [0.1, 0.15) is 39.0 Å². The van der Waals surface area contributed by atoms with E-state index in [1.165, 1.54) is 42.3 Å². The second kappa shape index (κ2) is 12.1. The number of sulfonamides is 1. The van der Waals surface area contributed by atoms with Gasteiger partial charge >= 0.3 is 5.97 Å². The van der Waals surface area contributed by atoms with Crippen molar-refractivity contribution in [2.75, 3.05) is 51.8 Å². The van der Waals surface area contributed by atoms with Crippen LogP contribution in [0.3, 0.4) is 0 Å². The summed E-state index contributed by atoms with van der Waals surface area (Å²) < 4.78 is 46.3. The Hall–Kier alpha value is -2.14. The number of carbonyl (C=O) groups is 1. The molecule has 10 heteroatoms. The Morgan fingerprint density at radius 3 is 2.43 bits per heavy atom. The summed E-state index contributed by atoms with van der Waals surface area (Å²) in [4.78, 5) is 18.0. The number of anilines is 2. The zero-order chi connectivity index (χ0) is 26.6. The van der Waals surface area contributed by atoms with Crippen LogP contribution in [0.25, 0.3) is 0 Å². The number of ether oxygens (including phenoxy) is 1. The first-order chi connectivity index (χ1) is 17.7. The second-order valence-electron chi connectivity index (χ2n) is 9.78. The highest BCUT2D eigenvalue weighted by molar-refractivity contribution is 7.99. The third kappa shape index (κ3) is 6.66. The number of hydrogen-bond acceptors (Lipinski definition) is 7. The van der Waals surface area contributed by atoms with Crippen LogP contribution >= 0.6 is 11.8 Å². The van der Waals surface area contributed by atoms with Crippen LogP contribution in [0.15, 0.2) is 51.1 Å². The minimum absolute atomic E-state index is 0.136. The van der Waals surface area contributed by atoms with Gasteiger partial charge in [0, 0.05) is 36.9 Å². The maximum atomic E-state index is 14.2. The summed E-state index contributed by atoms with van der Waals surface area (Å²) in [6.07, 6.45) is 4.38. The number of rotatable bonds is 10. The van der Waals surface area contributed by atoms with Gasteiger partial charge in [-0.3, -0.25) is 4.79 Å². The molecule has 2 aromatic carbocycles. The molecule has 7 nitrogen and oxygen atoms in total. The Bertz CT molecular complexity index is 1210. The molecule has 202 valence electrons. The Morgan fingerprint density at radius 2 is 1.76 bits per heavy atom. The van der Waals surface area contributed by atoms with Gasteiger partial charge in [-0.1, -0.05) is 18.7 Å². The van der Waals surface area contributed by atoms with Crippen LogP contribution in [0.5, 0.6) is 0 Å². The third-order valence-electron chi connectivity index (χ3n) is 7.07. The fraction of sp³-hybridized carbons (Fsp3) is 0.519. The Balaban J connectivity index is 1.41. The van der Waals surface area contributed by atoms with Crippen molar-refractivity contribution in [2.24, 2.45) is 5.92 Å². The smallest absolute Gasteiger partial charge is 0.305 e. The van der Waals surface area contributed by atoms with Crippen molar-refractivity contribution < 1.29 is 22.3 Å². The minimum Gasteiger partial charge on any atom is -0.466 e. The first-order valence-corrected chi connectivity index (χ1v) is 15.1. The largest absolute Gasteiger partial charge is 0.466 e. The topological polar surface area (TPSA) is 70.2 Å². The highest BCUT2D eigenvalue weighted by Crippen LogP contribution is 2.49. The molecule has 0 aromatic heterocycles. The van der Waals surface area contributed by atoms with Crippen molar-refractivity contribution in [3.63, 3.8) is 0 Å². The molecule has 0 atom stereocenters. The second-order valence-corrected chi connectivity index (χ2v) is 13.0. The van der Waals surface area contributed by atoms with Crippen LogP contribution < -0.4 is 4.90 Å². The number of piperidine rings is 1. The van der Waals surface area contributed by atoms with E-state index >= 15 is 0 Å². The molecule has 0 spiro atoms. The Kier molecular flexibility index (Phi) is 9.15. The monoisotopic (exact) mass is 549 g/mol. The number of nitrogens with zero attached hydrogens (tertiary/aromatic N) is 3. The van der Waals surface area contributed by atoms with E-state index in [-0.39, 0.29) is 16.7 Å². The summed E-state index contributed by atoms with van der Waals surface area (Å²) in [5.41, 5.74) is 1.57. The first-order valence-electron chi connectivity index (χ1n) is 12.9. The Labute approximate surface area is 224 Å². The molecule has 1 saturated heterocycles. The van der Waals surface area contributed by atoms with E-state index in [0.29, 0.717) is 25.5 Å². The molecular formula is C27H36FN3O4S2. The molecule has 4 rings (SSSR count). The molecule has 0 bridgehead atoms. The third-order valence-corrected chi connectivity index (χ3v) is 10.0. The van der Waals surface area contributed by atoms with E-state index in [1.54, 1.807) is 18.2 Å². The molecule has 2 aliphatic rings. The lowest BCUT2D eigenvalue weighted by Gasteiger charge is -2.35. The van der Waals surface area contributed by atoms with E-state index < -0.39 is 10.0 Å². The molecule has 0 radical (unpaired) electrons. The van der Waals surface area contributed by atoms with Gasteiger partial charge in [-0.15, -0.1) is 0 Å². The summed E-state index contributed by atoms with van der Waals surface area (Å²) in [5.74, 6) is 0.137. The van der Waals surface area contributed by atoms with Gasteiger partial charge in [0.1, 0.15) is 5.82 Å². The van der Waals surface area contributed by atoms with Gasteiger partial charge in [-0.25, -0.2) is 17.1 Å². The predicted molar refractivity (Wildman–Crippen MR) is 144 cm³/mol. The number of benzene rings is 2. The highest BCUT2D eigenvalue weighted by Gasteiger charge is 2.27. The maximum absolute atomic E-state index is 14.2. The molecule has 0 unspecified atom stereocenters. The minimum atomic E-state index is -3.59. The van der Waals surface area contributed by atoms with Crippen molar-refractivity contribution >= 4 is 39.1 Å². The van der Waals surface area contributed by atoms with Gasteiger partial charge in [0.15, 0.2) is 0 Å². The van der Waals surface area contributed by atoms with Crippen LogP contribution in [0, 0.1) is 11.7 Å². The zero-order valence-electron chi connectivity index (χ0n) is 21.8. The van der Waals surface area contributed by atoms with Gasteiger partial charge < -0.3 is 14.5 Å².